The molecule has 3 heterocycles. The van der Waals surface area contributed by atoms with Crippen molar-refractivity contribution in [1.82, 2.24) is 9.55 Å². The number of nitrogens with one attached hydrogen (secondary N) is 1. The van der Waals surface area contributed by atoms with Crippen LogP contribution in [0.3, 0.4) is 0 Å². The van der Waals surface area contributed by atoms with E-state index in [2.05, 4.69) is 18.0 Å². The summed E-state index contributed by atoms with van der Waals surface area (Å²) < 4.78 is 1.61. The van der Waals surface area contributed by atoms with Crippen molar-refractivity contribution in [3.8, 4) is 6.07 Å². The summed E-state index contributed by atoms with van der Waals surface area (Å²) in [5, 5.41) is 14.4. The number of nitrogens with zero attached hydrogens (tertiary/aromatic N) is 3. The van der Waals surface area contributed by atoms with Gasteiger partial charge in [0.2, 0.25) is 5.91 Å². The summed E-state index contributed by atoms with van der Waals surface area (Å²) in [4.78, 5) is 34.0. The maximum Gasteiger partial charge on any atom is 0.263 e. The highest BCUT2D eigenvalue weighted by Gasteiger charge is 2.24. The lowest BCUT2D eigenvalue weighted by atomic mass is 9.96. The summed E-state index contributed by atoms with van der Waals surface area (Å²) in [5.74, 6) is -0.0774. The van der Waals surface area contributed by atoms with Gasteiger partial charge in [-0.1, -0.05) is 17.8 Å². The molecule has 0 fully saturated rings. The number of aromatic nitrogens is 2. The molecule has 2 aliphatic rings. The Bertz CT molecular complexity index is 1340. The van der Waals surface area contributed by atoms with Gasteiger partial charge in [0.1, 0.15) is 15.9 Å². The molecule has 32 heavy (non-hydrogen) atoms. The average molecular weight is 483 g/mol. The van der Waals surface area contributed by atoms with Crippen LogP contribution in [0.2, 0.25) is 0 Å². The van der Waals surface area contributed by atoms with Gasteiger partial charge >= 0.3 is 0 Å². The van der Waals surface area contributed by atoms with Crippen LogP contribution >= 0.6 is 34.4 Å². The van der Waals surface area contributed by atoms with E-state index in [4.69, 9.17) is 4.98 Å². The number of nitriles is 1. The highest BCUT2D eigenvalue weighted by atomic mass is 32.2. The van der Waals surface area contributed by atoms with E-state index >= 15 is 0 Å². The second kappa shape index (κ2) is 8.85. The van der Waals surface area contributed by atoms with Crippen molar-refractivity contribution in [3.05, 3.63) is 49.5 Å². The number of carbonyl (C=O) groups excluding carboxylic acids is 1. The van der Waals surface area contributed by atoms with Crippen molar-refractivity contribution in [2.45, 2.75) is 56.6 Å². The number of hydrogen-bond acceptors (Lipinski definition) is 7. The van der Waals surface area contributed by atoms with Crippen molar-refractivity contribution in [2.75, 3.05) is 11.1 Å². The number of hydrogen-bond donors (Lipinski definition) is 1. The first-order valence-corrected chi connectivity index (χ1v) is 13.4. The molecule has 0 saturated carbocycles. The first kappa shape index (κ1) is 21.4. The Balaban J connectivity index is 1.38. The van der Waals surface area contributed by atoms with Gasteiger partial charge in [-0.3, -0.25) is 14.2 Å². The fourth-order valence-corrected chi connectivity index (χ4v) is 7.89. The van der Waals surface area contributed by atoms with E-state index in [1.54, 1.807) is 22.0 Å². The van der Waals surface area contributed by atoms with Gasteiger partial charge in [0.05, 0.1) is 16.7 Å². The van der Waals surface area contributed by atoms with Gasteiger partial charge in [-0.15, -0.1) is 29.3 Å². The Morgan fingerprint density at radius 1 is 1.19 bits per heavy atom. The number of amides is 1. The lowest BCUT2D eigenvalue weighted by molar-refractivity contribution is -0.113. The second-order valence-corrected chi connectivity index (χ2v) is 11.1. The zero-order valence-corrected chi connectivity index (χ0v) is 20.0. The van der Waals surface area contributed by atoms with Crippen LogP contribution < -0.4 is 10.9 Å². The Morgan fingerprint density at radius 3 is 2.75 bits per heavy atom. The van der Waals surface area contributed by atoms with Crippen LogP contribution in [0.25, 0.3) is 10.2 Å². The lowest BCUT2D eigenvalue weighted by Gasteiger charge is -2.10. The van der Waals surface area contributed by atoms with Crippen LogP contribution in [-0.4, -0.2) is 21.2 Å². The summed E-state index contributed by atoms with van der Waals surface area (Å²) in [6.07, 6.45) is 8.80. The predicted octanol–water partition coefficient (Wildman–Crippen LogP) is 4.68. The second-order valence-electron chi connectivity index (χ2n) is 8.00. The Morgan fingerprint density at radius 2 is 1.94 bits per heavy atom. The molecule has 2 aliphatic carbocycles. The topological polar surface area (TPSA) is 87.8 Å². The largest absolute Gasteiger partial charge is 0.316 e. The van der Waals surface area contributed by atoms with Gasteiger partial charge in [0.15, 0.2) is 5.16 Å². The minimum Gasteiger partial charge on any atom is -0.316 e. The maximum absolute atomic E-state index is 13.2. The van der Waals surface area contributed by atoms with Crippen LogP contribution in [0.4, 0.5) is 5.00 Å². The summed E-state index contributed by atoms with van der Waals surface area (Å²) in [7, 11) is 0. The Labute approximate surface area is 198 Å². The number of rotatable bonds is 6. The van der Waals surface area contributed by atoms with E-state index in [0.717, 1.165) is 66.3 Å². The van der Waals surface area contributed by atoms with Crippen molar-refractivity contribution < 1.29 is 4.79 Å². The van der Waals surface area contributed by atoms with E-state index in [1.807, 2.05) is 0 Å². The lowest BCUT2D eigenvalue weighted by Crippen LogP contribution is -2.24. The quantitative estimate of drug-likeness (QED) is 0.313. The number of carbonyl (C=O) groups is 1. The molecule has 0 spiro atoms. The van der Waals surface area contributed by atoms with E-state index in [0.29, 0.717) is 22.3 Å². The van der Waals surface area contributed by atoms with Gasteiger partial charge in [-0.2, -0.15) is 5.26 Å². The molecular weight excluding hydrogens is 460 g/mol. The third-order valence-electron chi connectivity index (χ3n) is 5.97. The van der Waals surface area contributed by atoms with Crippen molar-refractivity contribution in [2.24, 2.45) is 0 Å². The van der Waals surface area contributed by atoms with E-state index in [-0.39, 0.29) is 17.2 Å². The fraction of sp³-hybridized carbons (Fsp3) is 0.391. The first-order chi connectivity index (χ1) is 15.6. The zero-order valence-electron chi connectivity index (χ0n) is 17.5. The summed E-state index contributed by atoms with van der Waals surface area (Å²) in [6.45, 7) is 4.13. The van der Waals surface area contributed by atoms with Crippen LogP contribution in [0.1, 0.15) is 45.7 Å². The summed E-state index contributed by atoms with van der Waals surface area (Å²) in [5.41, 5.74) is 2.82. The van der Waals surface area contributed by atoms with E-state index in [9.17, 15) is 14.9 Å². The molecule has 0 bridgehead atoms. The highest BCUT2D eigenvalue weighted by molar-refractivity contribution is 7.99. The molecule has 1 N–H and O–H groups in total. The monoisotopic (exact) mass is 482 g/mol. The van der Waals surface area contributed by atoms with Gasteiger partial charge in [-0.05, 0) is 56.1 Å². The minimum atomic E-state index is -0.196. The van der Waals surface area contributed by atoms with Crippen molar-refractivity contribution in [3.63, 3.8) is 0 Å². The third kappa shape index (κ3) is 3.70. The van der Waals surface area contributed by atoms with Crippen LogP contribution in [-0.2, 0) is 37.0 Å². The van der Waals surface area contributed by atoms with Gasteiger partial charge in [-0.25, -0.2) is 4.98 Å². The molecule has 0 saturated heterocycles. The third-order valence-corrected chi connectivity index (χ3v) is 9.34. The number of anilines is 1. The fourth-order valence-electron chi connectivity index (χ4n) is 4.52. The molecule has 0 atom stereocenters. The molecule has 0 radical (unpaired) electrons. The molecule has 6 nitrogen and oxygen atoms in total. The van der Waals surface area contributed by atoms with Crippen molar-refractivity contribution >= 4 is 55.6 Å². The summed E-state index contributed by atoms with van der Waals surface area (Å²) >= 11 is 4.37. The molecule has 164 valence electrons. The number of allylic oxidation sites excluding steroid dienone is 1. The minimum absolute atomic E-state index is 0.0464. The molecule has 3 aromatic rings. The number of fused-ring (bicyclic) bond motifs is 4. The number of aryl methyl sites for hydroxylation is 3. The summed E-state index contributed by atoms with van der Waals surface area (Å²) in [6, 6.07) is 2.28. The van der Waals surface area contributed by atoms with E-state index in [1.165, 1.54) is 32.9 Å². The molecule has 9 heteroatoms. The molecule has 3 aromatic heterocycles. The predicted molar refractivity (Wildman–Crippen MR) is 131 cm³/mol. The molecule has 5 rings (SSSR count). The molecule has 0 aliphatic heterocycles. The van der Waals surface area contributed by atoms with Gasteiger partial charge < -0.3 is 5.32 Å². The Hall–Kier alpha value is -2.41. The molecule has 1 amide bonds. The zero-order chi connectivity index (χ0) is 22.2. The SMILES string of the molecule is C=CCn1c(SCC(=O)Nc2sc3c(c2C#N)CCCC3)nc2sc3c(c2c1=O)CCC3. The van der Waals surface area contributed by atoms with Gasteiger partial charge in [0, 0.05) is 16.3 Å². The number of thiophene rings is 2. The number of thioether (sulfide) groups is 1. The van der Waals surface area contributed by atoms with Crippen LogP contribution in [0, 0.1) is 11.3 Å². The standard InChI is InChI=1S/C23H22N4O2S3/c1-2-10-27-22(29)19-14-7-5-9-17(14)32-21(19)26-23(27)30-12-18(28)25-20-15(11-24)13-6-3-4-8-16(13)31-20/h2H,1,3-10,12H2,(H,25,28). The maximum atomic E-state index is 13.2. The smallest absolute Gasteiger partial charge is 0.263 e. The molecular formula is C23H22N4O2S3. The first-order valence-electron chi connectivity index (χ1n) is 10.7. The normalized spacial score (nSPS) is 14.7. The Kier molecular flexibility index (Phi) is 5.93. The van der Waals surface area contributed by atoms with Crippen LogP contribution in [0.15, 0.2) is 22.6 Å². The highest BCUT2D eigenvalue weighted by Crippen LogP contribution is 2.38. The van der Waals surface area contributed by atoms with Gasteiger partial charge in [0.25, 0.3) is 5.56 Å². The van der Waals surface area contributed by atoms with Crippen molar-refractivity contribution in [1.29, 1.82) is 5.26 Å². The molecule has 0 unspecified atom stereocenters. The molecule has 0 aromatic carbocycles. The average Bonchev–Trinajstić information content (AvgIpc) is 3.46. The van der Waals surface area contributed by atoms with Crippen LogP contribution in [0.5, 0.6) is 0 Å². The van der Waals surface area contributed by atoms with E-state index < -0.39 is 0 Å².